The summed E-state index contributed by atoms with van der Waals surface area (Å²) in [7, 11) is 0. The van der Waals surface area contributed by atoms with E-state index in [1.165, 1.54) is 31.1 Å². The number of thiazole rings is 1. The molecule has 0 radical (unpaired) electrons. The van der Waals surface area contributed by atoms with E-state index in [-0.39, 0.29) is 24.2 Å². The predicted octanol–water partition coefficient (Wildman–Crippen LogP) is 3.32. The second kappa shape index (κ2) is 9.07. The Morgan fingerprint density at radius 1 is 1.29 bits per heavy atom. The van der Waals surface area contributed by atoms with Gasteiger partial charge in [-0.25, -0.2) is 4.98 Å². The summed E-state index contributed by atoms with van der Waals surface area (Å²) in [5.41, 5.74) is 0.685. The highest BCUT2D eigenvalue weighted by Gasteiger charge is 2.34. The van der Waals surface area contributed by atoms with Gasteiger partial charge in [0.2, 0.25) is 11.8 Å². The standard InChI is InChI=1S/C19H24N4O3S.ClH/c1-11(24)20-9-15-4-5-17(26-15)16-10-27-19(22-16)23-18(25)8-12-6-13-2-3-14(7-12)21-13;/h4-5,10,12-14,21H,2-3,6-9H2,1H3,(H,20,24)(H,22,23,25);1H. The first kappa shape index (κ1) is 20.8. The minimum Gasteiger partial charge on any atom is -0.458 e. The van der Waals surface area contributed by atoms with Crippen molar-refractivity contribution in [3.05, 3.63) is 23.3 Å². The van der Waals surface area contributed by atoms with Crippen LogP contribution < -0.4 is 16.0 Å². The van der Waals surface area contributed by atoms with Gasteiger partial charge in [0.05, 0.1) is 6.54 Å². The van der Waals surface area contributed by atoms with E-state index in [9.17, 15) is 9.59 Å². The van der Waals surface area contributed by atoms with Crippen molar-refractivity contribution >= 4 is 40.7 Å². The van der Waals surface area contributed by atoms with Crippen molar-refractivity contribution in [2.45, 2.75) is 57.7 Å². The summed E-state index contributed by atoms with van der Waals surface area (Å²) < 4.78 is 5.70. The summed E-state index contributed by atoms with van der Waals surface area (Å²) in [6.45, 7) is 1.81. The molecule has 0 aliphatic carbocycles. The minimum absolute atomic E-state index is 0. The Hall–Kier alpha value is -1.90. The van der Waals surface area contributed by atoms with Crippen LogP contribution in [0.25, 0.3) is 11.5 Å². The summed E-state index contributed by atoms with van der Waals surface area (Å²) >= 11 is 1.39. The van der Waals surface area contributed by atoms with E-state index in [1.54, 1.807) is 0 Å². The molecule has 2 fully saturated rings. The molecular weight excluding hydrogens is 400 g/mol. The van der Waals surface area contributed by atoms with Crippen LogP contribution in [0.2, 0.25) is 0 Å². The number of carbonyl (C=O) groups is 2. The maximum Gasteiger partial charge on any atom is 0.226 e. The molecule has 2 atom stereocenters. The highest BCUT2D eigenvalue weighted by Crippen LogP contribution is 2.33. The topological polar surface area (TPSA) is 96.3 Å². The fourth-order valence-corrected chi connectivity index (χ4v) is 4.76. The molecule has 28 heavy (non-hydrogen) atoms. The summed E-state index contributed by atoms with van der Waals surface area (Å²) in [5.74, 6) is 1.69. The Bertz CT molecular complexity index is 825. The highest BCUT2D eigenvalue weighted by molar-refractivity contribution is 7.14. The maximum atomic E-state index is 12.4. The molecule has 2 saturated heterocycles. The first-order valence-corrected chi connectivity index (χ1v) is 10.3. The first-order valence-electron chi connectivity index (χ1n) is 9.40. The van der Waals surface area contributed by atoms with E-state index in [2.05, 4.69) is 20.9 Å². The Kier molecular flexibility index (Phi) is 6.74. The number of piperidine rings is 1. The van der Waals surface area contributed by atoms with Crippen LogP contribution in [0, 0.1) is 5.92 Å². The van der Waals surface area contributed by atoms with Crippen molar-refractivity contribution in [3.8, 4) is 11.5 Å². The normalized spacial score (nSPS) is 23.1. The van der Waals surface area contributed by atoms with Crippen LogP contribution >= 0.6 is 23.7 Å². The quantitative estimate of drug-likeness (QED) is 0.661. The Labute approximate surface area is 174 Å². The number of halogens is 1. The molecule has 0 spiro atoms. The zero-order chi connectivity index (χ0) is 18.8. The fourth-order valence-electron chi connectivity index (χ4n) is 4.04. The smallest absolute Gasteiger partial charge is 0.226 e. The van der Waals surface area contributed by atoms with Crippen molar-refractivity contribution < 1.29 is 14.0 Å². The second-order valence-corrected chi connectivity index (χ2v) is 8.30. The molecule has 2 aromatic heterocycles. The molecule has 0 aromatic carbocycles. The third kappa shape index (κ3) is 5.12. The maximum absolute atomic E-state index is 12.4. The Morgan fingerprint density at radius 2 is 2.04 bits per heavy atom. The molecule has 0 saturated carbocycles. The van der Waals surface area contributed by atoms with Gasteiger partial charge in [0.1, 0.15) is 11.5 Å². The third-order valence-corrected chi connectivity index (χ3v) is 5.98. The van der Waals surface area contributed by atoms with Crippen molar-refractivity contribution in [2.24, 2.45) is 5.92 Å². The minimum atomic E-state index is -0.103. The Balaban J connectivity index is 0.00000225. The average Bonchev–Trinajstić information content (AvgIpc) is 3.33. The van der Waals surface area contributed by atoms with Gasteiger partial charge in [-0.1, -0.05) is 0 Å². The molecule has 9 heteroatoms. The van der Waals surface area contributed by atoms with Gasteiger partial charge < -0.3 is 20.4 Å². The molecule has 2 aliphatic rings. The van der Waals surface area contributed by atoms with Crippen LogP contribution in [0.4, 0.5) is 5.13 Å². The Morgan fingerprint density at radius 3 is 2.75 bits per heavy atom. The molecule has 7 nitrogen and oxygen atoms in total. The number of carbonyl (C=O) groups excluding carboxylic acids is 2. The molecule has 2 bridgehead atoms. The van der Waals surface area contributed by atoms with Crippen LogP contribution in [0.1, 0.15) is 44.8 Å². The number of amides is 2. The molecular formula is C19H25ClN4O3S. The lowest BCUT2D eigenvalue weighted by atomic mass is 9.89. The predicted molar refractivity (Wildman–Crippen MR) is 111 cm³/mol. The van der Waals surface area contributed by atoms with E-state index in [1.807, 2.05) is 17.5 Å². The van der Waals surface area contributed by atoms with E-state index in [0.29, 0.717) is 53.3 Å². The zero-order valence-corrected chi connectivity index (χ0v) is 17.3. The number of nitrogens with one attached hydrogen (secondary N) is 3. The number of rotatable bonds is 6. The average molecular weight is 425 g/mol. The molecule has 4 rings (SSSR count). The largest absolute Gasteiger partial charge is 0.458 e. The molecule has 3 N–H and O–H groups in total. The molecule has 2 aliphatic heterocycles. The van der Waals surface area contributed by atoms with E-state index in [0.717, 1.165) is 12.8 Å². The number of hydrogen-bond donors (Lipinski definition) is 3. The molecule has 2 unspecified atom stereocenters. The van der Waals surface area contributed by atoms with E-state index >= 15 is 0 Å². The first-order chi connectivity index (χ1) is 13.0. The van der Waals surface area contributed by atoms with Crippen LogP contribution in [-0.4, -0.2) is 28.9 Å². The van der Waals surface area contributed by atoms with Gasteiger partial charge in [0.25, 0.3) is 0 Å². The van der Waals surface area contributed by atoms with Gasteiger partial charge in [-0.3, -0.25) is 9.59 Å². The zero-order valence-electron chi connectivity index (χ0n) is 15.7. The molecule has 2 amide bonds. The monoisotopic (exact) mass is 424 g/mol. The summed E-state index contributed by atoms with van der Waals surface area (Å²) in [6.07, 6.45) is 5.23. The van der Waals surface area contributed by atoms with E-state index < -0.39 is 0 Å². The number of anilines is 1. The molecule has 152 valence electrons. The number of aromatic nitrogens is 1. The van der Waals surface area contributed by atoms with Crippen molar-refractivity contribution in [1.82, 2.24) is 15.6 Å². The van der Waals surface area contributed by atoms with Gasteiger partial charge in [-0.05, 0) is 43.7 Å². The number of furan rings is 1. The fraction of sp³-hybridized carbons (Fsp3) is 0.526. The van der Waals surface area contributed by atoms with E-state index in [4.69, 9.17) is 4.42 Å². The van der Waals surface area contributed by atoms with Crippen LogP contribution in [0.5, 0.6) is 0 Å². The van der Waals surface area contributed by atoms with Crippen molar-refractivity contribution in [2.75, 3.05) is 5.32 Å². The van der Waals surface area contributed by atoms with Crippen LogP contribution in [-0.2, 0) is 16.1 Å². The lowest BCUT2D eigenvalue weighted by molar-refractivity contribution is -0.119. The van der Waals surface area contributed by atoms with Gasteiger partial charge in [-0.2, -0.15) is 0 Å². The van der Waals surface area contributed by atoms with Gasteiger partial charge >= 0.3 is 0 Å². The lowest BCUT2D eigenvalue weighted by Gasteiger charge is -2.28. The second-order valence-electron chi connectivity index (χ2n) is 7.44. The van der Waals surface area contributed by atoms with Crippen molar-refractivity contribution in [1.29, 1.82) is 0 Å². The number of nitrogens with zero attached hydrogens (tertiary/aromatic N) is 1. The lowest BCUT2D eigenvalue weighted by Crippen LogP contribution is -2.39. The van der Waals surface area contributed by atoms with Gasteiger partial charge in [-0.15, -0.1) is 23.7 Å². The number of hydrogen-bond acceptors (Lipinski definition) is 6. The number of fused-ring (bicyclic) bond motifs is 2. The SMILES string of the molecule is CC(=O)NCc1ccc(-c2csc(NC(=O)CC3CC4CCC(C3)N4)n2)o1.Cl. The van der Waals surface area contributed by atoms with Gasteiger partial charge in [0, 0.05) is 30.8 Å². The summed E-state index contributed by atoms with van der Waals surface area (Å²) in [6, 6.07) is 4.83. The van der Waals surface area contributed by atoms with Crippen LogP contribution in [0.15, 0.2) is 21.9 Å². The van der Waals surface area contributed by atoms with Crippen molar-refractivity contribution in [3.63, 3.8) is 0 Å². The molecule has 2 aromatic rings. The third-order valence-electron chi connectivity index (χ3n) is 5.22. The summed E-state index contributed by atoms with van der Waals surface area (Å²) in [4.78, 5) is 27.8. The van der Waals surface area contributed by atoms with Crippen LogP contribution in [0.3, 0.4) is 0 Å². The van der Waals surface area contributed by atoms with Gasteiger partial charge in [0.15, 0.2) is 10.9 Å². The molecule has 4 heterocycles. The summed E-state index contributed by atoms with van der Waals surface area (Å²) in [5, 5.41) is 11.7. The highest BCUT2D eigenvalue weighted by atomic mass is 35.5.